The van der Waals surface area contributed by atoms with E-state index >= 15 is 0 Å². The average molecular weight is 974 g/mol. The molecule has 0 saturated carbocycles. The Morgan fingerprint density at radius 2 is 1.07 bits per heavy atom. The molecule has 0 spiro atoms. The molecule has 368 valence electrons. The zero-order chi connectivity index (χ0) is 51.9. The van der Waals surface area contributed by atoms with Crippen molar-refractivity contribution in [2.45, 2.75) is 106 Å². The number of anilines is 3. The fourth-order valence-electron chi connectivity index (χ4n) is 13.4. The van der Waals surface area contributed by atoms with E-state index in [1.807, 2.05) is 0 Å². The number of aryl methyl sites for hydroxylation is 4. The number of aromatic nitrogens is 2. The summed E-state index contributed by atoms with van der Waals surface area (Å²) in [6.45, 7) is 30.4. The molecule has 5 heteroatoms. The molecular formula is C70H64BN3O. The largest absolute Gasteiger partial charge is 0.455 e. The summed E-state index contributed by atoms with van der Waals surface area (Å²) in [5, 5.41) is 7.43. The molecule has 14 rings (SSSR count). The van der Waals surface area contributed by atoms with Gasteiger partial charge in [0.2, 0.25) is 0 Å². The third kappa shape index (κ3) is 6.55. The van der Waals surface area contributed by atoms with Crippen molar-refractivity contribution in [2.75, 3.05) is 4.90 Å². The van der Waals surface area contributed by atoms with Crippen molar-refractivity contribution in [3.05, 3.63) is 191 Å². The molecule has 4 nitrogen and oxygen atoms in total. The van der Waals surface area contributed by atoms with Crippen LogP contribution in [0, 0.1) is 27.7 Å². The van der Waals surface area contributed by atoms with Crippen LogP contribution >= 0.6 is 0 Å². The second-order valence-corrected chi connectivity index (χ2v) is 25.3. The third-order valence-electron chi connectivity index (χ3n) is 17.0. The maximum absolute atomic E-state index is 6.72. The van der Waals surface area contributed by atoms with Crippen molar-refractivity contribution in [1.29, 1.82) is 0 Å². The monoisotopic (exact) mass is 974 g/mol. The average Bonchev–Trinajstić information content (AvgIpc) is 4.10. The second kappa shape index (κ2) is 15.4. The van der Waals surface area contributed by atoms with Crippen LogP contribution in [0.2, 0.25) is 0 Å². The summed E-state index contributed by atoms with van der Waals surface area (Å²) in [6, 6.07) is 58.3. The highest BCUT2D eigenvalue weighted by atomic mass is 16.3. The van der Waals surface area contributed by atoms with Gasteiger partial charge in [-0.2, -0.15) is 0 Å². The van der Waals surface area contributed by atoms with E-state index in [0.717, 1.165) is 33.2 Å². The Hall–Kier alpha value is -7.76. The number of rotatable bonds is 3. The van der Waals surface area contributed by atoms with Gasteiger partial charge in [-0.05, 0) is 172 Å². The van der Waals surface area contributed by atoms with Gasteiger partial charge in [-0.25, -0.2) is 0 Å². The zero-order valence-electron chi connectivity index (χ0n) is 45.8. The minimum Gasteiger partial charge on any atom is -0.455 e. The minimum atomic E-state index is -0.120. The molecule has 0 atom stereocenters. The highest BCUT2D eigenvalue weighted by molar-refractivity contribution is 7.00. The van der Waals surface area contributed by atoms with E-state index in [1.165, 1.54) is 127 Å². The smallest absolute Gasteiger partial charge is 0.252 e. The molecule has 12 aromatic rings. The van der Waals surface area contributed by atoms with Gasteiger partial charge in [0, 0.05) is 66.1 Å². The number of nitrogens with zero attached hydrogens (tertiary/aromatic N) is 3. The van der Waals surface area contributed by atoms with E-state index < -0.39 is 0 Å². The van der Waals surface area contributed by atoms with Crippen LogP contribution in [-0.2, 0) is 16.2 Å². The lowest BCUT2D eigenvalue weighted by Gasteiger charge is -2.42. The third-order valence-corrected chi connectivity index (χ3v) is 17.0. The molecule has 3 aromatic heterocycles. The maximum Gasteiger partial charge on any atom is 0.252 e. The predicted octanol–water partition coefficient (Wildman–Crippen LogP) is 17.2. The first-order valence-corrected chi connectivity index (χ1v) is 27.0. The molecule has 0 saturated heterocycles. The normalized spacial score (nSPS) is 13.6. The van der Waals surface area contributed by atoms with Crippen molar-refractivity contribution < 1.29 is 4.42 Å². The predicted molar refractivity (Wildman–Crippen MR) is 322 cm³/mol. The van der Waals surface area contributed by atoms with Gasteiger partial charge in [0.05, 0.1) is 22.2 Å². The highest BCUT2D eigenvalue weighted by Gasteiger charge is 2.44. The fourth-order valence-corrected chi connectivity index (χ4v) is 13.4. The molecule has 0 aliphatic carbocycles. The summed E-state index contributed by atoms with van der Waals surface area (Å²) in [6.07, 6.45) is 0. The lowest BCUT2D eigenvalue weighted by Crippen LogP contribution is -2.60. The molecule has 2 aliphatic heterocycles. The first-order chi connectivity index (χ1) is 35.7. The SMILES string of the molecule is Cc1cc2c3c(c1)-n1c4c(C)cc(-c5cccc6c5oc5ccccc56)cc4c4cc(C(C)(C)C)cc(c41)B3c1cc3c4cc(C(C)(C)C)ccc4n(-c4ccccc4)c3cc1N2c1c(C)cc(C(C)(C)C)cc1C. The van der Waals surface area contributed by atoms with Crippen molar-refractivity contribution >= 4 is 106 Å². The van der Waals surface area contributed by atoms with Crippen LogP contribution in [-0.4, -0.2) is 15.8 Å². The molecule has 75 heavy (non-hydrogen) atoms. The lowest BCUT2D eigenvalue weighted by atomic mass is 9.33. The van der Waals surface area contributed by atoms with Crippen LogP contribution in [0.3, 0.4) is 0 Å². The van der Waals surface area contributed by atoms with Crippen molar-refractivity contribution in [3.63, 3.8) is 0 Å². The van der Waals surface area contributed by atoms with Crippen molar-refractivity contribution in [2.24, 2.45) is 0 Å². The summed E-state index contributed by atoms with van der Waals surface area (Å²) in [7, 11) is 0. The summed E-state index contributed by atoms with van der Waals surface area (Å²) in [4.78, 5) is 2.67. The van der Waals surface area contributed by atoms with Crippen molar-refractivity contribution in [1.82, 2.24) is 9.13 Å². The molecular weight excluding hydrogens is 910 g/mol. The molecule has 9 aromatic carbocycles. The first-order valence-electron chi connectivity index (χ1n) is 27.0. The molecule has 5 heterocycles. The first kappa shape index (κ1) is 45.8. The van der Waals surface area contributed by atoms with Gasteiger partial charge in [-0.1, -0.05) is 147 Å². The van der Waals surface area contributed by atoms with Gasteiger partial charge in [0.25, 0.3) is 6.71 Å². The van der Waals surface area contributed by atoms with Crippen LogP contribution in [0.15, 0.2) is 156 Å². The van der Waals surface area contributed by atoms with Gasteiger partial charge in [0.1, 0.15) is 11.2 Å². The van der Waals surface area contributed by atoms with E-state index in [9.17, 15) is 0 Å². The van der Waals surface area contributed by atoms with Crippen molar-refractivity contribution in [3.8, 4) is 22.5 Å². The quantitative estimate of drug-likeness (QED) is 0.165. The topological polar surface area (TPSA) is 26.2 Å². The Kier molecular flexibility index (Phi) is 9.42. The second-order valence-electron chi connectivity index (χ2n) is 25.3. The summed E-state index contributed by atoms with van der Waals surface area (Å²) in [5.74, 6) is 0. The van der Waals surface area contributed by atoms with Gasteiger partial charge in [-0.15, -0.1) is 0 Å². The summed E-state index contributed by atoms with van der Waals surface area (Å²) in [5.41, 5.74) is 28.3. The number of hydrogen-bond acceptors (Lipinski definition) is 2. The van der Waals surface area contributed by atoms with E-state index in [1.54, 1.807) is 0 Å². The Morgan fingerprint density at radius 1 is 0.427 bits per heavy atom. The Balaban J connectivity index is 1.14. The molecule has 0 radical (unpaired) electrons. The zero-order valence-corrected chi connectivity index (χ0v) is 45.8. The van der Waals surface area contributed by atoms with Gasteiger partial charge in [-0.3, -0.25) is 0 Å². The molecule has 0 unspecified atom stereocenters. The lowest BCUT2D eigenvalue weighted by molar-refractivity contribution is 0.589. The van der Waals surface area contributed by atoms with Crippen LogP contribution in [0.4, 0.5) is 17.1 Å². The van der Waals surface area contributed by atoms with Crippen LogP contribution in [0.25, 0.3) is 88.1 Å². The molecule has 0 fully saturated rings. The highest BCUT2D eigenvalue weighted by Crippen LogP contribution is 2.49. The Bertz CT molecular complexity index is 4440. The van der Waals surface area contributed by atoms with Gasteiger partial charge >= 0.3 is 0 Å². The number of benzene rings is 9. The van der Waals surface area contributed by atoms with Gasteiger partial charge in [0.15, 0.2) is 0 Å². The number of hydrogen-bond donors (Lipinski definition) is 0. The number of furan rings is 1. The van der Waals surface area contributed by atoms with E-state index in [-0.39, 0.29) is 23.0 Å². The van der Waals surface area contributed by atoms with Crippen LogP contribution in [0.5, 0.6) is 0 Å². The van der Waals surface area contributed by atoms with E-state index in [0.29, 0.717) is 0 Å². The maximum atomic E-state index is 6.72. The fraction of sp³-hybridized carbons (Fsp3) is 0.229. The number of fused-ring (bicyclic) bond motifs is 13. The number of para-hydroxylation sites is 3. The van der Waals surface area contributed by atoms with Crippen LogP contribution < -0.4 is 21.3 Å². The molecule has 0 amide bonds. The standard InChI is InChI=1S/C70H64BN3O/c1-39-28-60-63-61(29-39)74-65-40(2)30-43(48-23-19-24-50-49-22-17-18-25-62(49)75-67(48)50)33-53(65)54-35-46(70(11,12)13)36-56(66(54)74)71(63)55-37-52-51-34-44(68(5,6)7)26-27-57(51)72(47-20-15-14-16-21-47)58(52)38-59(55)73(60)64-41(3)31-45(32-42(64)4)69(8,9)10/h14-38H,1-13H3. The van der Waals surface area contributed by atoms with E-state index in [4.69, 9.17) is 4.42 Å². The van der Waals surface area contributed by atoms with Gasteiger partial charge < -0.3 is 18.5 Å². The molecule has 0 bridgehead atoms. The van der Waals surface area contributed by atoms with Crippen LogP contribution in [0.1, 0.15) is 101 Å². The summed E-state index contributed by atoms with van der Waals surface area (Å²) >= 11 is 0. The Labute approximate surface area is 441 Å². The van der Waals surface area contributed by atoms with E-state index in [2.05, 4.69) is 256 Å². The molecule has 2 aliphatic rings. The molecule has 0 N–H and O–H groups in total. The Morgan fingerprint density at radius 3 is 1.80 bits per heavy atom. The minimum absolute atomic E-state index is 0.00176. The summed E-state index contributed by atoms with van der Waals surface area (Å²) < 4.78 is 11.9.